The number of nitrogens with zero attached hydrogens (tertiary/aromatic N) is 1. The van der Waals surface area contributed by atoms with Gasteiger partial charge in [0.1, 0.15) is 0 Å². The minimum atomic E-state index is -3.27. The highest BCUT2D eigenvalue weighted by atomic mass is 32.2. The molecule has 0 bridgehead atoms. The standard InChI is InChI=1S/C15H24N2O3S/c1-5-7-12(2)17(3)11-15(18)16-13-8-6-9-14(10-13)21(4,19)20/h6,8-10,12H,5,7,11H2,1-4H3,(H,16,18)/t12-/m1/s1. The number of rotatable bonds is 7. The van der Waals surface area contributed by atoms with Crippen molar-refractivity contribution >= 4 is 21.4 Å². The largest absolute Gasteiger partial charge is 0.325 e. The van der Waals surface area contributed by atoms with Crippen molar-refractivity contribution in [2.24, 2.45) is 0 Å². The molecule has 0 heterocycles. The third-order valence-corrected chi connectivity index (χ3v) is 4.51. The van der Waals surface area contributed by atoms with E-state index in [9.17, 15) is 13.2 Å². The number of hydrogen-bond donors (Lipinski definition) is 1. The molecule has 1 amide bonds. The first-order valence-corrected chi connectivity index (χ1v) is 8.93. The number of nitrogens with one attached hydrogen (secondary N) is 1. The van der Waals surface area contributed by atoms with E-state index in [1.807, 2.05) is 11.9 Å². The first-order chi connectivity index (χ1) is 9.74. The van der Waals surface area contributed by atoms with E-state index in [-0.39, 0.29) is 17.3 Å². The molecule has 1 rings (SSSR count). The molecule has 21 heavy (non-hydrogen) atoms. The van der Waals surface area contributed by atoms with Crippen molar-refractivity contribution < 1.29 is 13.2 Å². The van der Waals surface area contributed by atoms with Crippen LogP contribution in [-0.4, -0.2) is 45.1 Å². The maximum atomic E-state index is 12.0. The number of hydrogen-bond acceptors (Lipinski definition) is 4. The third-order valence-electron chi connectivity index (χ3n) is 3.40. The number of carbonyl (C=O) groups is 1. The van der Waals surface area contributed by atoms with Crippen LogP contribution in [0.15, 0.2) is 29.2 Å². The highest BCUT2D eigenvalue weighted by Gasteiger charge is 2.13. The summed E-state index contributed by atoms with van der Waals surface area (Å²) in [5.74, 6) is -0.147. The summed E-state index contributed by atoms with van der Waals surface area (Å²) in [6.07, 6.45) is 3.25. The molecule has 5 nitrogen and oxygen atoms in total. The fourth-order valence-electron chi connectivity index (χ4n) is 2.03. The summed E-state index contributed by atoms with van der Waals surface area (Å²) in [5, 5.41) is 2.74. The first-order valence-electron chi connectivity index (χ1n) is 7.04. The maximum Gasteiger partial charge on any atom is 0.238 e. The van der Waals surface area contributed by atoms with Crippen LogP contribution in [0.25, 0.3) is 0 Å². The second-order valence-electron chi connectivity index (χ2n) is 5.40. The van der Waals surface area contributed by atoms with Gasteiger partial charge >= 0.3 is 0 Å². The molecule has 0 aliphatic carbocycles. The molecule has 0 saturated carbocycles. The van der Waals surface area contributed by atoms with Crippen molar-refractivity contribution in [2.45, 2.75) is 37.6 Å². The van der Waals surface area contributed by atoms with Gasteiger partial charge in [0.25, 0.3) is 0 Å². The maximum absolute atomic E-state index is 12.0. The molecule has 0 fully saturated rings. The van der Waals surface area contributed by atoms with Crippen molar-refractivity contribution in [1.82, 2.24) is 4.90 Å². The van der Waals surface area contributed by atoms with E-state index in [2.05, 4.69) is 19.2 Å². The normalized spacial score (nSPS) is 13.2. The van der Waals surface area contributed by atoms with Gasteiger partial charge in [-0.15, -0.1) is 0 Å². The first kappa shape index (κ1) is 17.7. The number of carbonyl (C=O) groups excluding carboxylic acids is 1. The fourth-order valence-corrected chi connectivity index (χ4v) is 2.69. The number of amides is 1. The molecule has 0 radical (unpaired) electrons. The Labute approximate surface area is 127 Å². The summed E-state index contributed by atoms with van der Waals surface area (Å²) in [5.41, 5.74) is 0.500. The van der Waals surface area contributed by atoms with E-state index in [1.165, 1.54) is 12.1 Å². The summed E-state index contributed by atoms with van der Waals surface area (Å²) in [6.45, 7) is 4.48. The zero-order chi connectivity index (χ0) is 16.0. The van der Waals surface area contributed by atoms with Crippen LogP contribution >= 0.6 is 0 Å². The Kier molecular flexibility index (Phi) is 6.36. The topological polar surface area (TPSA) is 66.5 Å². The van der Waals surface area contributed by atoms with E-state index in [0.717, 1.165) is 19.1 Å². The van der Waals surface area contributed by atoms with Gasteiger partial charge in [-0.25, -0.2) is 8.42 Å². The summed E-state index contributed by atoms with van der Waals surface area (Å²) < 4.78 is 23.0. The van der Waals surface area contributed by atoms with Crippen LogP contribution in [0.1, 0.15) is 26.7 Å². The second-order valence-corrected chi connectivity index (χ2v) is 7.42. The zero-order valence-electron chi connectivity index (χ0n) is 13.1. The SMILES string of the molecule is CCC[C@@H](C)N(C)CC(=O)Nc1cccc(S(C)(=O)=O)c1. The van der Waals surface area contributed by atoms with Crippen LogP contribution in [0.2, 0.25) is 0 Å². The number of benzene rings is 1. The lowest BCUT2D eigenvalue weighted by Crippen LogP contribution is -2.36. The van der Waals surface area contributed by atoms with Crippen LogP contribution in [-0.2, 0) is 14.6 Å². The smallest absolute Gasteiger partial charge is 0.238 e. The quantitative estimate of drug-likeness (QED) is 0.838. The molecule has 1 aromatic carbocycles. The lowest BCUT2D eigenvalue weighted by molar-refractivity contribution is -0.117. The van der Waals surface area contributed by atoms with E-state index in [4.69, 9.17) is 0 Å². The average molecular weight is 312 g/mol. The molecule has 0 spiro atoms. The van der Waals surface area contributed by atoms with Crippen molar-refractivity contribution in [3.05, 3.63) is 24.3 Å². The Morgan fingerprint density at radius 1 is 1.38 bits per heavy atom. The minimum absolute atomic E-state index is 0.147. The molecule has 0 saturated heterocycles. The molecule has 1 atom stereocenters. The Bertz CT molecular complexity index is 584. The van der Waals surface area contributed by atoms with Gasteiger partial charge in [0.2, 0.25) is 5.91 Å². The van der Waals surface area contributed by atoms with Gasteiger partial charge in [-0.1, -0.05) is 19.4 Å². The Balaban J connectivity index is 2.67. The molecule has 0 aliphatic rings. The second kappa shape index (κ2) is 7.56. The molecular weight excluding hydrogens is 288 g/mol. The summed E-state index contributed by atoms with van der Waals surface area (Å²) in [6, 6.07) is 6.63. The molecule has 118 valence electrons. The lowest BCUT2D eigenvalue weighted by Gasteiger charge is -2.23. The summed E-state index contributed by atoms with van der Waals surface area (Å²) in [4.78, 5) is 14.2. The van der Waals surface area contributed by atoms with Crippen molar-refractivity contribution in [2.75, 3.05) is 25.2 Å². The number of sulfone groups is 1. The highest BCUT2D eigenvalue weighted by molar-refractivity contribution is 7.90. The molecule has 0 aromatic heterocycles. The third kappa shape index (κ3) is 5.85. The van der Waals surface area contributed by atoms with Crippen LogP contribution < -0.4 is 5.32 Å². The van der Waals surface area contributed by atoms with Crippen molar-refractivity contribution in [3.63, 3.8) is 0 Å². The summed E-state index contributed by atoms with van der Waals surface area (Å²) >= 11 is 0. The van der Waals surface area contributed by atoms with Crippen LogP contribution in [0, 0.1) is 0 Å². The number of anilines is 1. The van der Waals surface area contributed by atoms with Gasteiger partial charge in [0.15, 0.2) is 9.84 Å². The monoisotopic (exact) mass is 312 g/mol. The zero-order valence-corrected chi connectivity index (χ0v) is 13.9. The van der Waals surface area contributed by atoms with E-state index in [0.29, 0.717) is 11.7 Å². The molecule has 1 aromatic rings. The van der Waals surface area contributed by atoms with Crippen LogP contribution in [0.5, 0.6) is 0 Å². The van der Waals surface area contributed by atoms with Gasteiger partial charge in [-0.3, -0.25) is 9.69 Å². The Morgan fingerprint density at radius 3 is 2.62 bits per heavy atom. The molecule has 6 heteroatoms. The average Bonchev–Trinajstić information content (AvgIpc) is 2.38. The van der Waals surface area contributed by atoms with Gasteiger partial charge in [-0.2, -0.15) is 0 Å². The van der Waals surface area contributed by atoms with Gasteiger partial charge in [0, 0.05) is 18.0 Å². The van der Waals surface area contributed by atoms with Gasteiger partial charge < -0.3 is 5.32 Å². The lowest BCUT2D eigenvalue weighted by atomic mass is 10.2. The molecular formula is C15H24N2O3S. The number of likely N-dealkylation sites (N-methyl/N-ethyl adjacent to an activating group) is 1. The Morgan fingerprint density at radius 2 is 2.05 bits per heavy atom. The fraction of sp³-hybridized carbons (Fsp3) is 0.533. The van der Waals surface area contributed by atoms with E-state index >= 15 is 0 Å². The highest BCUT2D eigenvalue weighted by Crippen LogP contribution is 2.15. The summed E-state index contributed by atoms with van der Waals surface area (Å²) in [7, 11) is -1.36. The predicted molar refractivity (Wildman–Crippen MR) is 85.2 cm³/mol. The van der Waals surface area contributed by atoms with E-state index in [1.54, 1.807) is 12.1 Å². The van der Waals surface area contributed by atoms with Crippen molar-refractivity contribution in [3.8, 4) is 0 Å². The van der Waals surface area contributed by atoms with E-state index < -0.39 is 9.84 Å². The van der Waals surface area contributed by atoms with Crippen LogP contribution in [0.4, 0.5) is 5.69 Å². The minimum Gasteiger partial charge on any atom is -0.325 e. The van der Waals surface area contributed by atoms with Gasteiger partial charge in [0.05, 0.1) is 11.4 Å². The molecule has 0 aliphatic heterocycles. The van der Waals surface area contributed by atoms with Crippen molar-refractivity contribution in [1.29, 1.82) is 0 Å². The predicted octanol–water partition coefficient (Wildman–Crippen LogP) is 2.15. The Hall–Kier alpha value is -1.40. The molecule has 0 unspecified atom stereocenters. The van der Waals surface area contributed by atoms with Crippen LogP contribution in [0.3, 0.4) is 0 Å². The molecule has 1 N–H and O–H groups in total. The van der Waals surface area contributed by atoms with Gasteiger partial charge in [-0.05, 0) is 38.6 Å².